The van der Waals surface area contributed by atoms with Crippen molar-refractivity contribution < 1.29 is 5.11 Å². The summed E-state index contributed by atoms with van der Waals surface area (Å²) in [7, 11) is 0. The summed E-state index contributed by atoms with van der Waals surface area (Å²) < 4.78 is 0. The molecule has 2 atom stereocenters. The number of rotatable bonds is 4. The maximum absolute atomic E-state index is 10.4. The molecule has 3 aromatic carbocycles. The number of nitriles is 1. The van der Waals surface area contributed by atoms with Crippen LogP contribution in [0.25, 0.3) is 0 Å². The lowest BCUT2D eigenvalue weighted by molar-refractivity contribution is 0.220. The van der Waals surface area contributed by atoms with Crippen LogP contribution in [0.15, 0.2) is 84.9 Å². The van der Waals surface area contributed by atoms with Crippen LogP contribution in [0, 0.1) is 11.3 Å². The Labute approximate surface area is 136 Å². The quantitative estimate of drug-likeness (QED) is 0.774. The van der Waals surface area contributed by atoms with E-state index in [1.165, 1.54) is 0 Å². The van der Waals surface area contributed by atoms with Crippen LogP contribution < -0.4 is 0 Å². The molecule has 0 fully saturated rings. The fourth-order valence-corrected chi connectivity index (χ4v) is 2.69. The zero-order valence-corrected chi connectivity index (χ0v) is 12.6. The second-order valence-electron chi connectivity index (χ2n) is 5.45. The summed E-state index contributed by atoms with van der Waals surface area (Å²) in [6.45, 7) is 0. The van der Waals surface area contributed by atoms with Crippen LogP contribution >= 0.6 is 0 Å². The molecule has 0 radical (unpaired) electrons. The summed E-state index contributed by atoms with van der Waals surface area (Å²) in [4.78, 5) is 0. The van der Waals surface area contributed by atoms with E-state index in [0.717, 1.165) is 22.3 Å². The van der Waals surface area contributed by atoms with Crippen LogP contribution in [0.1, 0.15) is 34.3 Å². The van der Waals surface area contributed by atoms with Crippen molar-refractivity contribution in [1.82, 2.24) is 0 Å². The van der Waals surface area contributed by atoms with Crippen LogP contribution in [0.2, 0.25) is 0 Å². The Morgan fingerprint density at radius 3 is 1.52 bits per heavy atom. The lowest BCUT2D eigenvalue weighted by atomic mass is 9.91. The number of hydrogen-bond acceptors (Lipinski definition) is 2. The van der Waals surface area contributed by atoms with E-state index in [4.69, 9.17) is 0 Å². The van der Waals surface area contributed by atoms with Gasteiger partial charge >= 0.3 is 0 Å². The highest BCUT2D eigenvalue weighted by Gasteiger charge is 2.15. The van der Waals surface area contributed by atoms with E-state index in [2.05, 4.69) is 6.07 Å². The normalized spacial score (nSPS) is 13.0. The van der Waals surface area contributed by atoms with E-state index < -0.39 is 6.10 Å². The Morgan fingerprint density at radius 2 is 1.00 bits per heavy atom. The molecule has 3 rings (SSSR count). The average Bonchev–Trinajstić information content (AvgIpc) is 2.64. The molecule has 0 saturated heterocycles. The number of aliphatic hydroxyl groups is 1. The highest BCUT2D eigenvalue weighted by molar-refractivity contribution is 5.40. The summed E-state index contributed by atoms with van der Waals surface area (Å²) in [5, 5.41) is 19.9. The summed E-state index contributed by atoms with van der Waals surface area (Å²) >= 11 is 0. The van der Waals surface area contributed by atoms with Crippen molar-refractivity contribution in [3.05, 3.63) is 107 Å². The van der Waals surface area contributed by atoms with Crippen LogP contribution in [0.4, 0.5) is 0 Å². The summed E-state index contributed by atoms with van der Waals surface area (Å²) in [6, 6.07) is 29.3. The number of benzene rings is 3. The molecule has 0 bridgehead atoms. The monoisotopic (exact) mass is 299 g/mol. The molecule has 0 amide bonds. The molecule has 23 heavy (non-hydrogen) atoms. The van der Waals surface area contributed by atoms with Crippen LogP contribution in [0.3, 0.4) is 0 Å². The number of nitrogens with zero attached hydrogens (tertiary/aromatic N) is 1. The number of aliphatic hydroxyl groups excluding tert-OH is 1. The van der Waals surface area contributed by atoms with Gasteiger partial charge in [0.2, 0.25) is 0 Å². The maximum atomic E-state index is 10.4. The van der Waals surface area contributed by atoms with Crippen molar-refractivity contribution in [1.29, 1.82) is 5.26 Å². The van der Waals surface area contributed by atoms with Gasteiger partial charge in [-0.2, -0.15) is 5.26 Å². The Hall–Kier alpha value is -2.89. The first kappa shape index (κ1) is 15.0. The standard InChI is InChI=1S/C21H17NO/c22-15-20(16-7-3-1-4-8-16)17-11-13-19(14-12-17)21(23)18-9-5-2-6-10-18/h1-14,20-21,23H/t20-,21+/m1/s1. The van der Waals surface area contributed by atoms with Gasteiger partial charge in [0.05, 0.1) is 12.0 Å². The van der Waals surface area contributed by atoms with E-state index in [1.807, 2.05) is 84.9 Å². The SMILES string of the molecule is N#C[C@H](c1ccccc1)c1ccc([C@@H](O)c2ccccc2)cc1. The van der Waals surface area contributed by atoms with E-state index >= 15 is 0 Å². The van der Waals surface area contributed by atoms with E-state index in [9.17, 15) is 10.4 Å². The van der Waals surface area contributed by atoms with Crippen LogP contribution in [-0.4, -0.2) is 5.11 Å². The second kappa shape index (κ2) is 6.91. The summed E-state index contributed by atoms with van der Waals surface area (Å²) in [6.07, 6.45) is -0.650. The van der Waals surface area contributed by atoms with Gasteiger partial charge in [-0.3, -0.25) is 0 Å². The van der Waals surface area contributed by atoms with Crippen molar-refractivity contribution in [3.63, 3.8) is 0 Å². The first-order valence-electron chi connectivity index (χ1n) is 7.57. The van der Waals surface area contributed by atoms with E-state index in [1.54, 1.807) is 0 Å². The lowest BCUT2D eigenvalue weighted by Gasteiger charge is -2.14. The predicted molar refractivity (Wildman–Crippen MR) is 90.8 cm³/mol. The van der Waals surface area contributed by atoms with Gasteiger partial charge in [-0.15, -0.1) is 0 Å². The largest absolute Gasteiger partial charge is 0.384 e. The molecule has 0 aliphatic heterocycles. The van der Waals surface area contributed by atoms with Crippen molar-refractivity contribution in [2.45, 2.75) is 12.0 Å². The third-order valence-electron chi connectivity index (χ3n) is 3.96. The van der Waals surface area contributed by atoms with Crippen molar-refractivity contribution >= 4 is 0 Å². The van der Waals surface area contributed by atoms with Gasteiger partial charge in [0, 0.05) is 0 Å². The number of hydrogen-bond donors (Lipinski definition) is 1. The molecule has 0 aliphatic rings. The maximum Gasteiger partial charge on any atom is 0.104 e. The van der Waals surface area contributed by atoms with Crippen molar-refractivity contribution in [2.75, 3.05) is 0 Å². The third-order valence-corrected chi connectivity index (χ3v) is 3.96. The average molecular weight is 299 g/mol. The molecule has 0 aromatic heterocycles. The Bertz CT molecular complexity index is 789. The minimum Gasteiger partial charge on any atom is -0.384 e. The molecule has 2 heteroatoms. The minimum absolute atomic E-state index is 0.292. The molecule has 0 spiro atoms. The first-order valence-corrected chi connectivity index (χ1v) is 7.57. The molecule has 1 N–H and O–H groups in total. The molecule has 3 aromatic rings. The van der Waals surface area contributed by atoms with Gasteiger partial charge in [-0.1, -0.05) is 84.9 Å². The zero-order valence-electron chi connectivity index (χ0n) is 12.6. The van der Waals surface area contributed by atoms with Crippen molar-refractivity contribution in [3.8, 4) is 6.07 Å². The van der Waals surface area contributed by atoms with Gasteiger partial charge < -0.3 is 5.11 Å². The molecule has 0 unspecified atom stereocenters. The fourth-order valence-electron chi connectivity index (χ4n) is 2.69. The highest BCUT2D eigenvalue weighted by atomic mass is 16.3. The summed E-state index contributed by atoms with van der Waals surface area (Å²) in [5.74, 6) is -0.292. The molecule has 0 aliphatic carbocycles. The Balaban J connectivity index is 1.86. The molecule has 0 saturated carbocycles. The predicted octanol–water partition coefficient (Wildman–Crippen LogP) is 4.42. The molecular weight excluding hydrogens is 282 g/mol. The third kappa shape index (κ3) is 3.31. The van der Waals surface area contributed by atoms with E-state index in [0.29, 0.717) is 0 Å². The zero-order chi connectivity index (χ0) is 16.1. The highest BCUT2D eigenvalue weighted by Crippen LogP contribution is 2.27. The van der Waals surface area contributed by atoms with Crippen LogP contribution in [-0.2, 0) is 0 Å². The minimum atomic E-state index is -0.650. The lowest BCUT2D eigenvalue weighted by Crippen LogP contribution is -2.01. The topological polar surface area (TPSA) is 44.0 Å². The molecule has 0 heterocycles. The summed E-state index contributed by atoms with van der Waals surface area (Å²) in [5.41, 5.74) is 3.60. The van der Waals surface area contributed by atoms with Crippen LogP contribution in [0.5, 0.6) is 0 Å². The Kier molecular flexibility index (Phi) is 4.52. The first-order chi connectivity index (χ1) is 11.3. The van der Waals surface area contributed by atoms with Gasteiger partial charge in [-0.05, 0) is 22.3 Å². The smallest absolute Gasteiger partial charge is 0.104 e. The van der Waals surface area contributed by atoms with Gasteiger partial charge in [-0.25, -0.2) is 0 Å². The van der Waals surface area contributed by atoms with Gasteiger partial charge in [0.15, 0.2) is 0 Å². The molecular formula is C21H17NO. The van der Waals surface area contributed by atoms with Gasteiger partial charge in [0.1, 0.15) is 6.10 Å². The second-order valence-corrected chi connectivity index (χ2v) is 5.45. The van der Waals surface area contributed by atoms with Crippen molar-refractivity contribution in [2.24, 2.45) is 0 Å². The van der Waals surface area contributed by atoms with Gasteiger partial charge in [0.25, 0.3) is 0 Å². The molecule has 112 valence electrons. The molecule has 2 nitrogen and oxygen atoms in total. The van der Waals surface area contributed by atoms with E-state index in [-0.39, 0.29) is 5.92 Å². The fraction of sp³-hybridized carbons (Fsp3) is 0.0952. The Morgan fingerprint density at radius 1 is 0.609 bits per heavy atom.